The van der Waals surface area contributed by atoms with Crippen molar-refractivity contribution >= 4 is 11.4 Å². The fraction of sp³-hybridized carbons (Fsp3) is 0.250. The summed E-state index contributed by atoms with van der Waals surface area (Å²) in [6, 6.07) is 15.2. The van der Waals surface area contributed by atoms with Crippen molar-refractivity contribution in [3.8, 4) is 22.9 Å². The average Bonchev–Trinajstić information content (AvgIpc) is 3.55. The van der Waals surface area contributed by atoms with Crippen molar-refractivity contribution in [1.82, 2.24) is 25.6 Å². The highest BCUT2D eigenvalue weighted by Crippen LogP contribution is 2.40. The molecule has 2 N–H and O–H groups in total. The molecule has 4 aromatic rings. The minimum absolute atomic E-state index is 0.0623. The van der Waals surface area contributed by atoms with Crippen LogP contribution in [0.1, 0.15) is 24.6 Å². The van der Waals surface area contributed by atoms with Gasteiger partial charge in [0.05, 0.1) is 6.61 Å². The van der Waals surface area contributed by atoms with Crippen molar-refractivity contribution in [2.45, 2.75) is 25.7 Å². The second-order valence-electron chi connectivity index (χ2n) is 8.08. The van der Waals surface area contributed by atoms with Gasteiger partial charge in [0, 0.05) is 41.0 Å². The minimum atomic E-state index is -2.99. The Morgan fingerprint density at radius 1 is 1.06 bits per heavy atom. The molecule has 0 aliphatic heterocycles. The quantitative estimate of drug-likeness (QED) is 0.320. The van der Waals surface area contributed by atoms with Crippen LogP contribution in [-0.2, 0) is 0 Å². The summed E-state index contributed by atoms with van der Waals surface area (Å²) in [6.45, 7) is -2.58. The molecule has 0 amide bonds. The summed E-state index contributed by atoms with van der Waals surface area (Å²) < 4.78 is 36.5. The van der Waals surface area contributed by atoms with E-state index in [0.29, 0.717) is 35.3 Å². The molecule has 0 radical (unpaired) electrons. The van der Waals surface area contributed by atoms with Crippen molar-refractivity contribution in [2.24, 2.45) is 5.92 Å². The van der Waals surface area contributed by atoms with Crippen molar-refractivity contribution in [3.05, 3.63) is 72.6 Å². The van der Waals surface area contributed by atoms with E-state index in [0.717, 1.165) is 18.4 Å². The molecule has 180 valence electrons. The first-order valence-electron chi connectivity index (χ1n) is 11.0. The van der Waals surface area contributed by atoms with Gasteiger partial charge in [-0.25, -0.2) is 0 Å². The van der Waals surface area contributed by atoms with Gasteiger partial charge >= 0.3 is 6.61 Å². The number of nitrogens with one attached hydrogen (secondary N) is 1. The number of ether oxygens (including phenoxy) is 2. The number of pyridine rings is 1. The normalized spacial score (nSPS) is 14.1. The van der Waals surface area contributed by atoms with Crippen molar-refractivity contribution in [2.75, 3.05) is 11.5 Å². The van der Waals surface area contributed by atoms with Gasteiger partial charge in [-0.3, -0.25) is 4.98 Å². The summed E-state index contributed by atoms with van der Waals surface area (Å²) in [5.41, 5.74) is 2.42. The Hall–Kier alpha value is -4.12. The Kier molecular flexibility index (Phi) is 6.49. The highest BCUT2D eigenvalue weighted by atomic mass is 19.3. The number of aromatic amines is 1. The van der Waals surface area contributed by atoms with Gasteiger partial charge in [-0.1, -0.05) is 6.07 Å². The monoisotopic (exact) mass is 480 g/mol. The third-order valence-corrected chi connectivity index (χ3v) is 5.57. The number of hydrogen-bond donors (Lipinski definition) is 2. The van der Waals surface area contributed by atoms with Crippen molar-refractivity contribution in [3.63, 3.8) is 0 Å². The number of hydrogen-bond acceptors (Lipinski definition) is 8. The van der Waals surface area contributed by atoms with E-state index in [9.17, 15) is 13.9 Å². The third kappa shape index (κ3) is 5.35. The lowest BCUT2D eigenvalue weighted by atomic mass is 10.1. The van der Waals surface area contributed by atoms with Crippen molar-refractivity contribution < 1.29 is 23.4 Å². The smallest absolute Gasteiger partial charge is 0.387 e. The molecule has 2 aromatic heterocycles. The van der Waals surface area contributed by atoms with Crippen LogP contribution in [0.15, 0.2) is 67.0 Å². The van der Waals surface area contributed by atoms with Gasteiger partial charge in [-0.2, -0.15) is 14.0 Å². The van der Waals surface area contributed by atoms with E-state index in [1.807, 2.05) is 0 Å². The molecule has 1 saturated carbocycles. The second-order valence-corrected chi connectivity index (χ2v) is 8.08. The number of tetrazole rings is 1. The van der Waals surface area contributed by atoms with Gasteiger partial charge in [0.2, 0.25) is 5.82 Å². The molecular formula is C24H22F2N6O3. The maximum Gasteiger partial charge on any atom is 0.387 e. The maximum atomic E-state index is 13.0. The summed E-state index contributed by atoms with van der Waals surface area (Å²) >= 11 is 0. The van der Waals surface area contributed by atoms with Crippen LogP contribution in [0.4, 0.5) is 20.2 Å². The first kappa shape index (κ1) is 22.7. The Balaban J connectivity index is 1.53. The van der Waals surface area contributed by atoms with Gasteiger partial charge in [-0.15, -0.1) is 10.2 Å². The highest BCUT2D eigenvalue weighted by Gasteiger charge is 2.25. The summed E-state index contributed by atoms with van der Waals surface area (Å²) in [6.07, 6.45) is 4.13. The Morgan fingerprint density at radius 3 is 2.51 bits per heavy atom. The van der Waals surface area contributed by atoms with Crippen LogP contribution in [0.5, 0.6) is 11.5 Å². The van der Waals surface area contributed by atoms with Gasteiger partial charge in [0.15, 0.2) is 17.7 Å². The Labute approximate surface area is 199 Å². The zero-order valence-electron chi connectivity index (χ0n) is 18.5. The average molecular weight is 480 g/mol. The zero-order valence-corrected chi connectivity index (χ0v) is 18.5. The van der Waals surface area contributed by atoms with Crippen LogP contribution in [0.3, 0.4) is 0 Å². The number of aromatic nitrogens is 5. The van der Waals surface area contributed by atoms with Gasteiger partial charge < -0.3 is 19.5 Å². The maximum absolute atomic E-state index is 13.0. The number of rotatable bonds is 10. The molecule has 5 rings (SSSR count). The van der Waals surface area contributed by atoms with Crippen LogP contribution in [0.25, 0.3) is 11.4 Å². The SMILES string of the molecule is OC(c1cccnc1)N(c1ccc(-c2nn[nH]n2)cc1)c1ccc(OC(F)F)c(OCC2CC2)c1. The van der Waals surface area contributed by atoms with E-state index in [4.69, 9.17) is 4.74 Å². The lowest BCUT2D eigenvalue weighted by Crippen LogP contribution is -2.24. The van der Waals surface area contributed by atoms with E-state index in [-0.39, 0.29) is 11.5 Å². The number of anilines is 2. The number of nitrogens with zero attached hydrogens (tertiary/aromatic N) is 5. The van der Waals surface area contributed by atoms with Crippen LogP contribution >= 0.6 is 0 Å². The van der Waals surface area contributed by atoms with Crippen LogP contribution in [-0.4, -0.2) is 43.9 Å². The zero-order chi connectivity index (χ0) is 24.2. The molecule has 2 heterocycles. The summed E-state index contributed by atoms with van der Waals surface area (Å²) in [4.78, 5) is 5.75. The van der Waals surface area contributed by atoms with Gasteiger partial charge in [0.25, 0.3) is 0 Å². The molecule has 1 unspecified atom stereocenters. The van der Waals surface area contributed by atoms with Crippen LogP contribution < -0.4 is 14.4 Å². The highest BCUT2D eigenvalue weighted by molar-refractivity contribution is 5.70. The number of aliphatic hydroxyl groups is 1. The minimum Gasteiger partial charge on any atom is -0.489 e. The lowest BCUT2D eigenvalue weighted by Gasteiger charge is -2.31. The number of alkyl halides is 2. The van der Waals surface area contributed by atoms with E-state index >= 15 is 0 Å². The van der Waals surface area contributed by atoms with Gasteiger partial charge in [-0.05, 0) is 66.4 Å². The third-order valence-electron chi connectivity index (χ3n) is 5.57. The largest absolute Gasteiger partial charge is 0.489 e. The summed E-state index contributed by atoms with van der Waals surface area (Å²) in [5, 5.41) is 25.3. The molecular weight excluding hydrogens is 458 g/mol. The van der Waals surface area contributed by atoms with E-state index in [1.165, 1.54) is 6.07 Å². The number of H-pyrrole nitrogens is 1. The van der Waals surface area contributed by atoms with Gasteiger partial charge in [0.1, 0.15) is 0 Å². The molecule has 2 aromatic carbocycles. The van der Waals surface area contributed by atoms with Crippen LogP contribution in [0.2, 0.25) is 0 Å². The molecule has 1 aliphatic rings. The molecule has 0 saturated heterocycles. The topological polar surface area (TPSA) is 109 Å². The number of benzene rings is 2. The lowest BCUT2D eigenvalue weighted by molar-refractivity contribution is -0.0515. The number of halogens is 2. The molecule has 0 spiro atoms. The molecule has 1 atom stereocenters. The predicted molar refractivity (Wildman–Crippen MR) is 122 cm³/mol. The number of aliphatic hydroxyl groups excluding tert-OH is 1. The standard InChI is InChI=1S/C24H22F2N6O3/c25-24(26)35-20-10-9-19(12-21(20)34-14-15-3-4-15)32(23(33)17-2-1-11-27-13-17)18-7-5-16(6-8-18)22-28-30-31-29-22/h1-2,5-13,15,23-24,33H,3-4,14H2,(H,28,29,30,31). The Morgan fingerprint density at radius 2 is 1.86 bits per heavy atom. The molecule has 35 heavy (non-hydrogen) atoms. The van der Waals surface area contributed by atoms with Crippen molar-refractivity contribution in [1.29, 1.82) is 0 Å². The summed E-state index contributed by atoms with van der Waals surface area (Å²) in [7, 11) is 0. The first-order valence-corrected chi connectivity index (χ1v) is 11.0. The fourth-order valence-electron chi connectivity index (χ4n) is 3.61. The Bertz CT molecular complexity index is 1240. The molecule has 1 aliphatic carbocycles. The van der Waals surface area contributed by atoms with E-state index in [2.05, 4.69) is 30.3 Å². The molecule has 1 fully saturated rings. The second kappa shape index (κ2) is 10.0. The molecule has 9 nitrogen and oxygen atoms in total. The van der Waals surface area contributed by atoms with E-state index < -0.39 is 12.8 Å². The molecule has 11 heteroatoms. The summed E-state index contributed by atoms with van der Waals surface area (Å²) in [5.74, 6) is 0.960. The fourth-order valence-corrected chi connectivity index (χ4v) is 3.61. The predicted octanol–water partition coefficient (Wildman–Crippen LogP) is 4.48. The first-order chi connectivity index (χ1) is 17.1. The van der Waals surface area contributed by atoms with Crippen LogP contribution in [0, 0.1) is 5.92 Å². The molecule has 0 bridgehead atoms. The van der Waals surface area contributed by atoms with E-state index in [1.54, 1.807) is 65.8 Å².